The molecule has 0 aliphatic rings. The van der Waals surface area contributed by atoms with Crippen molar-refractivity contribution in [1.29, 1.82) is 0 Å². The van der Waals surface area contributed by atoms with Gasteiger partial charge in [-0.2, -0.15) is 0 Å². The molecule has 0 saturated heterocycles. The molecule has 2 rings (SSSR count). The Morgan fingerprint density at radius 3 is 2.57 bits per heavy atom. The van der Waals surface area contributed by atoms with Gasteiger partial charge in [0.2, 0.25) is 0 Å². The van der Waals surface area contributed by atoms with E-state index in [0.29, 0.717) is 11.5 Å². The van der Waals surface area contributed by atoms with E-state index in [2.05, 4.69) is 26.3 Å². The minimum atomic E-state index is -0.276. The molecule has 1 atom stereocenters. The topological polar surface area (TPSA) is 69.4 Å². The molecule has 1 aromatic heterocycles. The number of nitrogens with one attached hydrogen (secondary N) is 1. The zero-order valence-electron chi connectivity index (χ0n) is 12.2. The molecule has 2 aromatic rings. The maximum atomic E-state index is 5.74. The molecule has 1 unspecified atom stereocenters. The smallest absolute Gasteiger partial charge is 0.142 e. The van der Waals surface area contributed by atoms with Crippen LogP contribution >= 0.6 is 15.9 Å². The highest BCUT2D eigenvalue weighted by Gasteiger charge is 2.22. The van der Waals surface area contributed by atoms with Crippen LogP contribution in [0.4, 0.5) is 0 Å². The van der Waals surface area contributed by atoms with Gasteiger partial charge in [0.15, 0.2) is 0 Å². The molecule has 21 heavy (non-hydrogen) atoms. The average molecular weight is 352 g/mol. The molecule has 112 valence electrons. The van der Waals surface area contributed by atoms with Gasteiger partial charge in [-0.1, -0.05) is 0 Å². The molecule has 3 N–H and O–H groups in total. The third-order valence-electron chi connectivity index (χ3n) is 3.23. The monoisotopic (exact) mass is 351 g/mol. The van der Waals surface area contributed by atoms with E-state index in [9.17, 15) is 0 Å². The van der Waals surface area contributed by atoms with Crippen LogP contribution in [0.1, 0.15) is 22.9 Å². The van der Waals surface area contributed by atoms with Crippen LogP contribution in [0.2, 0.25) is 0 Å². The number of nitrogens with two attached hydrogens (primary N) is 1. The normalized spacial score (nSPS) is 12.0. The summed E-state index contributed by atoms with van der Waals surface area (Å²) < 4.78 is 11.5. The zero-order valence-corrected chi connectivity index (χ0v) is 13.8. The first-order valence-corrected chi connectivity index (χ1v) is 7.20. The Morgan fingerprint density at radius 1 is 1.24 bits per heavy atom. The maximum Gasteiger partial charge on any atom is 0.142 e. The maximum absolute atomic E-state index is 5.74. The largest absolute Gasteiger partial charge is 0.495 e. The number of ether oxygens (including phenoxy) is 2. The molecule has 0 aliphatic carbocycles. The van der Waals surface area contributed by atoms with E-state index < -0.39 is 0 Å². The van der Waals surface area contributed by atoms with E-state index in [4.69, 9.17) is 15.3 Å². The first-order valence-electron chi connectivity index (χ1n) is 6.41. The Balaban J connectivity index is 2.55. The van der Waals surface area contributed by atoms with Gasteiger partial charge in [0.25, 0.3) is 0 Å². The minimum absolute atomic E-state index is 0.276. The SMILES string of the molecule is COc1ccc(C(NN)c2cc(C)ccn2)c(OC)c1Br. The molecule has 6 heteroatoms. The van der Waals surface area contributed by atoms with Crippen molar-refractivity contribution in [3.8, 4) is 11.5 Å². The molecule has 1 aromatic carbocycles. The number of rotatable bonds is 5. The predicted octanol–water partition coefficient (Wildman–Crippen LogP) is 2.72. The summed E-state index contributed by atoms with van der Waals surface area (Å²) in [5, 5.41) is 0. The number of halogens is 1. The fraction of sp³-hybridized carbons (Fsp3) is 0.267. The van der Waals surface area contributed by atoms with Gasteiger partial charge < -0.3 is 9.47 Å². The Bertz CT molecular complexity index is 634. The number of pyridine rings is 1. The number of hydrazine groups is 1. The van der Waals surface area contributed by atoms with Gasteiger partial charge in [0.1, 0.15) is 16.0 Å². The quantitative estimate of drug-likeness (QED) is 0.640. The number of hydrogen-bond acceptors (Lipinski definition) is 5. The molecular weight excluding hydrogens is 334 g/mol. The van der Waals surface area contributed by atoms with Gasteiger partial charge >= 0.3 is 0 Å². The van der Waals surface area contributed by atoms with Crippen LogP contribution < -0.4 is 20.7 Å². The van der Waals surface area contributed by atoms with E-state index >= 15 is 0 Å². The Morgan fingerprint density at radius 2 is 2.00 bits per heavy atom. The first-order chi connectivity index (χ1) is 10.1. The molecule has 0 saturated carbocycles. The lowest BCUT2D eigenvalue weighted by molar-refractivity contribution is 0.382. The summed E-state index contributed by atoms with van der Waals surface area (Å²) in [5.74, 6) is 7.10. The summed E-state index contributed by atoms with van der Waals surface area (Å²) in [6.07, 6.45) is 1.76. The number of aromatic nitrogens is 1. The highest BCUT2D eigenvalue weighted by Crippen LogP contribution is 2.40. The molecule has 1 heterocycles. The lowest BCUT2D eigenvalue weighted by Crippen LogP contribution is -2.30. The number of hydrogen-bond donors (Lipinski definition) is 2. The molecule has 0 amide bonds. The van der Waals surface area contributed by atoms with E-state index in [0.717, 1.165) is 21.3 Å². The van der Waals surface area contributed by atoms with Crippen LogP contribution in [0.3, 0.4) is 0 Å². The molecule has 0 spiro atoms. The minimum Gasteiger partial charge on any atom is -0.495 e. The fourth-order valence-electron chi connectivity index (χ4n) is 2.20. The van der Waals surface area contributed by atoms with E-state index in [1.807, 2.05) is 31.2 Å². The van der Waals surface area contributed by atoms with Gasteiger partial charge in [-0.3, -0.25) is 10.8 Å². The molecule has 0 aliphatic heterocycles. The number of benzene rings is 1. The predicted molar refractivity (Wildman–Crippen MR) is 85.4 cm³/mol. The van der Waals surface area contributed by atoms with Crippen molar-refractivity contribution in [2.24, 2.45) is 5.84 Å². The summed E-state index contributed by atoms with van der Waals surface area (Å²) >= 11 is 3.50. The van der Waals surface area contributed by atoms with Crippen molar-refractivity contribution in [2.75, 3.05) is 14.2 Å². The summed E-state index contributed by atoms with van der Waals surface area (Å²) in [6.45, 7) is 2.01. The highest BCUT2D eigenvalue weighted by molar-refractivity contribution is 9.10. The van der Waals surface area contributed by atoms with Crippen LogP contribution in [0.15, 0.2) is 34.9 Å². The summed E-state index contributed by atoms with van der Waals surface area (Å²) in [5.41, 5.74) is 5.62. The summed E-state index contributed by atoms with van der Waals surface area (Å²) in [7, 11) is 3.22. The van der Waals surface area contributed by atoms with Gasteiger partial charge in [-0.25, -0.2) is 5.43 Å². The lowest BCUT2D eigenvalue weighted by Gasteiger charge is -2.21. The van der Waals surface area contributed by atoms with Crippen molar-refractivity contribution in [2.45, 2.75) is 13.0 Å². The van der Waals surface area contributed by atoms with Crippen LogP contribution in [-0.4, -0.2) is 19.2 Å². The standard InChI is InChI=1S/C15H18BrN3O2/c1-9-6-7-18-11(8-9)14(19-17)10-4-5-12(20-2)13(16)15(10)21-3/h4-8,14,19H,17H2,1-3H3. The van der Waals surface area contributed by atoms with Gasteiger partial charge in [-0.15, -0.1) is 0 Å². The van der Waals surface area contributed by atoms with Crippen molar-refractivity contribution >= 4 is 15.9 Å². The Kier molecular flexibility index (Phi) is 5.17. The summed E-state index contributed by atoms with van der Waals surface area (Å²) in [4.78, 5) is 4.39. The van der Waals surface area contributed by atoms with E-state index in [-0.39, 0.29) is 6.04 Å². The highest BCUT2D eigenvalue weighted by atomic mass is 79.9. The van der Waals surface area contributed by atoms with Gasteiger partial charge in [0, 0.05) is 11.8 Å². The van der Waals surface area contributed by atoms with E-state index in [1.54, 1.807) is 20.4 Å². The third-order valence-corrected chi connectivity index (χ3v) is 3.98. The Hall–Kier alpha value is -1.63. The van der Waals surface area contributed by atoms with E-state index in [1.165, 1.54) is 0 Å². The van der Waals surface area contributed by atoms with Crippen molar-refractivity contribution in [1.82, 2.24) is 10.4 Å². The number of methoxy groups -OCH3 is 2. The van der Waals surface area contributed by atoms with Crippen molar-refractivity contribution < 1.29 is 9.47 Å². The van der Waals surface area contributed by atoms with Crippen LogP contribution in [0.5, 0.6) is 11.5 Å². The molecule has 0 radical (unpaired) electrons. The fourth-order valence-corrected chi connectivity index (χ4v) is 2.88. The average Bonchev–Trinajstić information content (AvgIpc) is 2.48. The first kappa shape index (κ1) is 15.8. The second kappa shape index (κ2) is 6.89. The number of nitrogens with zero attached hydrogens (tertiary/aromatic N) is 1. The second-order valence-corrected chi connectivity index (χ2v) is 5.36. The summed E-state index contributed by atoms with van der Waals surface area (Å²) in [6, 6.07) is 7.43. The molecular formula is C15H18BrN3O2. The van der Waals surface area contributed by atoms with Crippen molar-refractivity contribution in [3.05, 3.63) is 51.8 Å². The second-order valence-electron chi connectivity index (χ2n) is 4.56. The van der Waals surface area contributed by atoms with Gasteiger partial charge in [0.05, 0.1) is 26.0 Å². The number of aryl methyl sites for hydroxylation is 1. The molecule has 0 bridgehead atoms. The third kappa shape index (κ3) is 3.18. The lowest BCUT2D eigenvalue weighted by atomic mass is 10.0. The van der Waals surface area contributed by atoms with Crippen LogP contribution in [-0.2, 0) is 0 Å². The van der Waals surface area contributed by atoms with Crippen LogP contribution in [0, 0.1) is 6.92 Å². The Labute approximate surface area is 132 Å². The van der Waals surface area contributed by atoms with Crippen LogP contribution in [0.25, 0.3) is 0 Å². The van der Waals surface area contributed by atoms with Crippen molar-refractivity contribution in [3.63, 3.8) is 0 Å². The molecule has 5 nitrogen and oxygen atoms in total. The van der Waals surface area contributed by atoms with Gasteiger partial charge in [-0.05, 0) is 52.7 Å². The zero-order chi connectivity index (χ0) is 15.4. The molecule has 0 fully saturated rings.